The summed E-state index contributed by atoms with van der Waals surface area (Å²) in [5.41, 5.74) is 0. The van der Waals surface area contributed by atoms with E-state index in [1.807, 2.05) is 0 Å². The lowest BCUT2D eigenvalue weighted by Crippen LogP contribution is -2.50. The van der Waals surface area contributed by atoms with Crippen molar-refractivity contribution in [2.45, 2.75) is 63.0 Å². The summed E-state index contributed by atoms with van der Waals surface area (Å²) < 4.78 is 37.9. The van der Waals surface area contributed by atoms with Gasteiger partial charge in [0.05, 0.1) is 11.5 Å². The molecule has 1 aliphatic carbocycles. The number of rotatable bonds is 7. The molecule has 32 heavy (non-hydrogen) atoms. The first-order valence-corrected chi connectivity index (χ1v) is 12.7. The number of sulfonamides is 1. The van der Waals surface area contributed by atoms with Crippen LogP contribution in [0.5, 0.6) is 5.75 Å². The lowest BCUT2D eigenvalue weighted by Gasteiger charge is -2.33. The predicted octanol–water partition coefficient (Wildman–Crippen LogP) is 2.37. The van der Waals surface area contributed by atoms with Crippen molar-refractivity contribution < 1.29 is 27.5 Å². The van der Waals surface area contributed by atoms with E-state index in [0.29, 0.717) is 5.75 Å². The standard InChI is InChI=1S/C22H33N3O6S/c1-3-30-22(27)24-13-15-25(16-14-24)32(28,29)20-11-9-19(10-12-20)31-17(2)21(26)23-18-7-5-4-6-8-18/h9-12,17-18H,3-8,13-16H2,1-2H3,(H,23,26)/t17-/m1/s1. The van der Waals surface area contributed by atoms with Gasteiger partial charge in [-0.3, -0.25) is 4.79 Å². The molecule has 1 saturated heterocycles. The van der Waals surface area contributed by atoms with Crippen molar-refractivity contribution in [3.05, 3.63) is 24.3 Å². The molecule has 0 radical (unpaired) electrons. The number of carbonyl (C=O) groups excluding carboxylic acids is 2. The molecule has 1 aliphatic heterocycles. The van der Waals surface area contributed by atoms with Gasteiger partial charge in [0.2, 0.25) is 10.0 Å². The number of hydrogen-bond acceptors (Lipinski definition) is 6. The maximum absolute atomic E-state index is 12.9. The molecule has 1 heterocycles. The van der Waals surface area contributed by atoms with Crippen LogP contribution in [0.4, 0.5) is 4.79 Å². The van der Waals surface area contributed by atoms with E-state index in [-0.39, 0.29) is 49.6 Å². The zero-order valence-corrected chi connectivity index (χ0v) is 19.6. The average molecular weight is 468 g/mol. The van der Waals surface area contributed by atoms with Crippen LogP contribution in [-0.2, 0) is 19.6 Å². The Labute approximate surface area is 190 Å². The molecule has 0 spiro atoms. The highest BCUT2D eigenvalue weighted by atomic mass is 32.2. The maximum atomic E-state index is 12.9. The van der Waals surface area contributed by atoms with Gasteiger partial charge in [-0.15, -0.1) is 0 Å². The van der Waals surface area contributed by atoms with E-state index in [2.05, 4.69) is 5.32 Å². The summed E-state index contributed by atoms with van der Waals surface area (Å²) in [7, 11) is -3.68. The summed E-state index contributed by atoms with van der Waals surface area (Å²) in [5, 5.41) is 3.03. The van der Waals surface area contributed by atoms with Crippen LogP contribution in [0.25, 0.3) is 0 Å². The molecule has 10 heteroatoms. The molecule has 1 aromatic rings. The second-order valence-electron chi connectivity index (χ2n) is 8.17. The van der Waals surface area contributed by atoms with Gasteiger partial charge >= 0.3 is 6.09 Å². The second-order valence-corrected chi connectivity index (χ2v) is 10.1. The highest BCUT2D eigenvalue weighted by molar-refractivity contribution is 7.89. The Bertz CT molecular complexity index is 875. The molecule has 2 fully saturated rings. The molecule has 3 rings (SSSR count). The number of piperazine rings is 1. The van der Waals surface area contributed by atoms with Crippen LogP contribution in [0.2, 0.25) is 0 Å². The van der Waals surface area contributed by atoms with Gasteiger partial charge in [0, 0.05) is 32.2 Å². The molecule has 0 bridgehead atoms. The Hall–Kier alpha value is -2.33. The van der Waals surface area contributed by atoms with Crippen LogP contribution < -0.4 is 10.1 Å². The van der Waals surface area contributed by atoms with Crippen LogP contribution >= 0.6 is 0 Å². The number of nitrogens with zero attached hydrogens (tertiary/aromatic N) is 2. The minimum absolute atomic E-state index is 0.147. The molecule has 178 valence electrons. The van der Waals surface area contributed by atoms with Crippen molar-refractivity contribution in [2.75, 3.05) is 32.8 Å². The van der Waals surface area contributed by atoms with Crippen molar-refractivity contribution in [2.24, 2.45) is 0 Å². The highest BCUT2D eigenvalue weighted by Gasteiger charge is 2.30. The van der Waals surface area contributed by atoms with Crippen molar-refractivity contribution in [1.29, 1.82) is 0 Å². The number of amides is 2. The molecule has 2 amide bonds. The van der Waals surface area contributed by atoms with Gasteiger partial charge in [-0.2, -0.15) is 4.31 Å². The van der Waals surface area contributed by atoms with E-state index < -0.39 is 22.2 Å². The SMILES string of the molecule is CCOC(=O)N1CCN(S(=O)(=O)c2ccc(O[C@H](C)C(=O)NC3CCCCC3)cc2)CC1. The van der Waals surface area contributed by atoms with E-state index in [1.165, 1.54) is 27.8 Å². The Morgan fingerprint density at radius 2 is 1.69 bits per heavy atom. The Morgan fingerprint density at radius 1 is 1.06 bits per heavy atom. The largest absolute Gasteiger partial charge is 0.481 e. The van der Waals surface area contributed by atoms with Gasteiger partial charge in [-0.25, -0.2) is 13.2 Å². The quantitative estimate of drug-likeness (QED) is 0.660. The summed E-state index contributed by atoms with van der Waals surface area (Å²) in [5.74, 6) is 0.274. The van der Waals surface area contributed by atoms with Crippen molar-refractivity contribution in [1.82, 2.24) is 14.5 Å². The highest BCUT2D eigenvalue weighted by Crippen LogP contribution is 2.22. The third kappa shape index (κ3) is 6.13. The molecular formula is C22H33N3O6S. The Balaban J connectivity index is 1.54. The number of carbonyl (C=O) groups is 2. The minimum Gasteiger partial charge on any atom is -0.481 e. The predicted molar refractivity (Wildman–Crippen MR) is 119 cm³/mol. The third-order valence-electron chi connectivity index (χ3n) is 5.86. The van der Waals surface area contributed by atoms with Gasteiger partial charge in [-0.1, -0.05) is 19.3 Å². The van der Waals surface area contributed by atoms with E-state index in [4.69, 9.17) is 9.47 Å². The fourth-order valence-electron chi connectivity index (χ4n) is 3.99. The fourth-order valence-corrected chi connectivity index (χ4v) is 5.41. The number of nitrogens with one attached hydrogen (secondary N) is 1. The first-order valence-electron chi connectivity index (χ1n) is 11.3. The van der Waals surface area contributed by atoms with Gasteiger partial charge < -0.3 is 19.7 Å². The summed E-state index contributed by atoms with van der Waals surface area (Å²) in [6, 6.07) is 6.29. The van der Waals surface area contributed by atoms with E-state index in [0.717, 1.165) is 25.7 Å². The number of hydrogen-bond donors (Lipinski definition) is 1. The van der Waals surface area contributed by atoms with E-state index in [9.17, 15) is 18.0 Å². The summed E-state index contributed by atoms with van der Waals surface area (Å²) in [4.78, 5) is 25.8. The molecule has 1 N–H and O–H groups in total. The minimum atomic E-state index is -3.68. The smallest absolute Gasteiger partial charge is 0.409 e. The summed E-state index contributed by atoms with van der Waals surface area (Å²) >= 11 is 0. The topological polar surface area (TPSA) is 105 Å². The van der Waals surface area contributed by atoms with Gasteiger partial charge in [0.25, 0.3) is 5.91 Å². The normalized spacial score (nSPS) is 19.2. The number of benzene rings is 1. The lowest BCUT2D eigenvalue weighted by molar-refractivity contribution is -0.128. The maximum Gasteiger partial charge on any atom is 0.409 e. The molecule has 2 aliphatic rings. The Morgan fingerprint density at radius 3 is 2.28 bits per heavy atom. The monoisotopic (exact) mass is 467 g/mol. The average Bonchev–Trinajstić information content (AvgIpc) is 2.80. The van der Waals surface area contributed by atoms with Crippen LogP contribution in [0.3, 0.4) is 0 Å². The van der Waals surface area contributed by atoms with E-state index in [1.54, 1.807) is 26.0 Å². The molecule has 0 unspecified atom stereocenters. The van der Waals surface area contributed by atoms with Gasteiger partial charge in [0.1, 0.15) is 5.75 Å². The van der Waals surface area contributed by atoms with Gasteiger partial charge in [-0.05, 0) is 51.0 Å². The third-order valence-corrected chi connectivity index (χ3v) is 7.77. The summed E-state index contributed by atoms with van der Waals surface area (Å²) in [6.45, 7) is 4.68. The van der Waals surface area contributed by atoms with Crippen LogP contribution in [-0.4, -0.2) is 74.6 Å². The second kappa shape index (κ2) is 11.0. The van der Waals surface area contributed by atoms with Crippen molar-refractivity contribution in [3.8, 4) is 5.75 Å². The van der Waals surface area contributed by atoms with Crippen molar-refractivity contribution in [3.63, 3.8) is 0 Å². The van der Waals surface area contributed by atoms with Crippen LogP contribution in [0, 0.1) is 0 Å². The summed E-state index contributed by atoms with van der Waals surface area (Å²) in [6.07, 6.45) is 4.39. The number of ether oxygens (including phenoxy) is 2. The molecule has 1 aromatic carbocycles. The van der Waals surface area contributed by atoms with Crippen molar-refractivity contribution >= 4 is 22.0 Å². The molecule has 0 aromatic heterocycles. The first-order chi connectivity index (χ1) is 15.3. The Kier molecular flexibility index (Phi) is 8.36. The molecule has 1 saturated carbocycles. The lowest BCUT2D eigenvalue weighted by atomic mass is 9.95. The van der Waals surface area contributed by atoms with Crippen LogP contribution in [0.15, 0.2) is 29.2 Å². The fraction of sp³-hybridized carbons (Fsp3) is 0.636. The first kappa shape index (κ1) is 24.3. The van der Waals surface area contributed by atoms with Gasteiger partial charge in [0.15, 0.2) is 6.10 Å². The van der Waals surface area contributed by atoms with E-state index >= 15 is 0 Å². The van der Waals surface area contributed by atoms with Crippen LogP contribution in [0.1, 0.15) is 46.0 Å². The molecule has 1 atom stereocenters. The zero-order chi connectivity index (χ0) is 23.1. The molecule has 9 nitrogen and oxygen atoms in total. The molecular weight excluding hydrogens is 434 g/mol. The zero-order valence-electron chi connectivity index (χ0n) is 18.8.